The maximum Gasteiger partial charge on any atom is 0.390 e. The molecule has 0 saturated carbocycles. The molecule has 0 bridgehead atoms. The van der Waals surface area contributed by atoms with Crippen LogP contribution in [-0.2, 0) is 12.8 Å². The molecule has 1 aliphatic rings. The summed E-state index contributed by atoms with van der Waals surface area (Å²) in [4.78, 5) is 8.19. The second-order valence-electron chi connectivity index (χ2n) is 4.15. The molecule has 0 atom stereocenters. The third-order valence-corrected chi connectivity index (χ3v) is 2.83. The number of aryl methyl sites for hydroxylation is 1. The van der Waals surface area contributed by atoms with E-state index in [1.165, 1.54) is 6.33 Å². The Morgan fingerprint density at radius 1 is 1.18 bits per heavy atom. The second kappa shape index (κ2) is 4.89. The Kier molecular flexibility index (Phi) is 3.49. The van der Waals surface area contributed by atoms with Crippen LogP contribution >= 0.6 is 0 Å². The van der Waals surface area contributed by atoms with Gasteiger partial charge in [0.05, 0.1) is 6.42 Å². The number of aromatic nitrogens is 2. The van der Waals surface area contributed by atoms with Crippen molar-refractivity contribution < 1.29 is 13.2 Å². The summed E-state index contributed by atoms with van der Waals surface area (Å²) in [5.41, 5.74) is 1.96. The summed E-state index contributed by atoms with van der Waals surface area (Å²) in [6.07, 6.45) is 0.336. The molecule has 0 spiro atoms. The van der Waals surface area contributed by atoms with Crippen LogP contribution in [0.3, 0.4) is 0 Å². The van der Waals surface area contributed by atoms with Gasteiger partial charge in [-0.2, -0.15) is 13.2 Å². The largest absolute Gasteiger partial charge is 0.390 e. The Balaban J connectivity index is 2.01. The molecular formula is C11H14F3N3. The summed E-state index contributed by atoms with van der Waals surface area (Å²) in [6, 6.07) is 0. The number of nitrogens with one attached hydrogen (secondary N) is 1. The van der Waals surface area contributed by atoms with E-state index in [1.807, 2.05) is 0 Å². The van der Waals surface area contributed by atoms with Gasteiger partial charge in [0.1, 0.15) is 12.1 Å². The molecule has 1 aromatic rings. The van der Waals surface area contributed by atoms with Crippen LogP contribution in [0.1, 0.15) is 30.5 Å². The molecule has 1 heterocycles. The first kappa shape index (κ1) is 12.1. The summed E-state index contributed by atoms with van der Waals surface area (Å²) in [7, 11) is 0. The predicted molar refractivity (Wildman–Crippen MR) is 57.8 cm³/mol. The molecule has 1 aromatic heterocycles. The van der Waals surface area contributed by atoms with E-state index < -0.39 is 12.6 Å². The van der Waals surface area contributed by atoms with Gasteiger partial charge in [-0.05, 0) is 25.7 Å². The van der Waals surface area contributed by atoms with Crippen molar-refractivity contribution in [1.29, 1.82) is 0 Å². The molecular weight excluding hydrogens is 231 g/mol. The highest BCUT2D eigenvalue weighted by Gasteiger charge is 2.26. The first-order valence-corrected chi connectivity index (χ1v) is 5.69. The van der Waals surface area contributed by atoms with Gasteiger partial charge in [0.2, 0.25) is 0 Å². The molecule has 0 aromatic carbocycles. The smallest absolute Gasteiger partial charge is 0.369 e. The average molecular weight is 245 g/mol. The molecule has 0 aliphatic heterocycles. The lowest BCUT2D eigenvalue weighted by molar-refractivity contribution is -0.131. The number of fused-ring (bicyclic) bond motifs is 1. The third-order valence-electron chi connectivity index (χ3n) is 2.83. The standard InChI is InChI=1S/C11H14F3N3/c12-11(13,14)5-6-15-10-8-3-1-2-4-9(8)16-7-17-10/h7H,1-6H2,(H,15,16,17). The van der Waals surface area contributed by atoms with Crippen molar-refractivity contribution in [2.24, 2.45) is 0 Å². The minimum Gasteiger partial charge on any atom is -0.369 e. The van der Waals surface area contributed by atoms with Crippen LogP contribution in [-0.4, -0.2) is 22.7 Å². The molecule has 6 heteroatoms. The van der Waals surface area contributed by atoms with Crippen LogP contribution < -0.4 is 5.32 Å². The molecule has 17 heavy (non-hydrogen) atoms. The Morgan fingerprint density at radius 3 is 2.71 bits per heavy atom. The van der Waals surface area contributed by atoms with Gasteiger partial charge >= 0.3 is 6.18 Å². The van der Waals surface area contributed by atoms with Crippen molar-refractivity contribution in [3.8, 4) is 0 Å². The number of nitrogens with zero attached hydrogens (tertiary/aromatic N) is 2. The molecule has 2 rings (SSSR count). The van der Waals surface area contributed by atoms with E-state index in [4.69, 9.17) is 0 Å². The van der Waals surface area contributed by atoms with Crippen LogP contribution in [0, 0.1) is 0 Å². The average Bonchev–Trinajstić information content (AvgIpc) is 2.28. The van der Waals surface area contributed by atoms with Crippen molar-refractivity contribution in [2.75, 3.05) is 11.9 Å². The number of hydrogen-bond acceptors (Lipinski definition) is 3. The molecule has 3 nitrogen and oxygen atoms in total. The Labute approximate surface area is 97.5 Å². The number of alkyl halides is 3. The first-order chi connectivity index (χ1) is 8.06. The van der Waals surface area contributed by atoms with E-state index in [2.05, 4.69) is 15.3 Å². The van der Waals surface area contributed by atoms with Crippen LogP contribution in [0.25, 0.3) is 0 Å². The Bertz CT molecular complexity index is 390. The van der Waals surface area contributed by atoms with Gasteiger partial charge in [0.25, 0.3) is 0 Å². The van der Waals surface area contributed by atoms with E-state index >= 15 is 0 Å². The van der Waals surface area contributed by atoms with Crippen LogP contribution in [0.5, 0.6) is 0 Å². The number of rotatable bonds is 3. The normalized spacial score (nSPS) is 15.5. The van der Waals surface area contributed by atoms with Gasteiger partial charge in [-0.3, -0.25) is 0 Å². The third kappa shape index (κ3) is 3.31. The van der Waals surface area contributed by atoms with Crippen LogP contribution in [0.2, 0.25) is 0 Å². The van der Waals surface area contributed by atoms with E-state index in [0.29, 0.717) is 5.82 Å². The molecule has 0 radical (unpaired) electrons. The number of hydrogen-bond donors (Lipinski definition) is 1. The molecule has 1 N–H and O–H groups in total. The zero-order valence-corrected chi connectivity index (χ0v) is 9.35. The van der Waals surface area contributed by atoms with Crippen molar-refractivity contribution in [2.45, 2.75) is 38.3 Å². The topological polar surface area (TPSA) is 37.8 Å². The lowest BCUT2D eigenvalue weighted by Crippen LogP contribution is -2.17. The SMILES string of the molecule is FC(F)(F)CCNc1ncnc2c1CCCC2. The maximum absolute atomic E-state index is 12.0. The van der Waals surface area contributed by atoms with Crippen LogP contribution in [0.15, 0.2) is 6.33 Å². The lowest BCUT2D eigenvalue weighted by atomic mass is 9.96. The second-order valence-corrected chi connectivity index (χ2v) is 4.15. The van der Waals surface area contributed by atoms with Gasteiger partial charge < -0.3 is 5.32 Å². The summed E-state index contributed by atoms with van der Waals surface area (Å²) in [5.74, 6) is 0.568. The number of halogens is 3. The van der Waals surface area contributed by atoms with Gasteiger partial charge in [-0.1, -0.05) is 0 Å². The van der Waals surface area contributed by atoms with Crippen molar-refractivity contribution in [3.63, 3.8) is 0 Å². The van der Waals surface area contributed by atoms with Crippen LogP contribution in [0.4, 0.5) is 19.0 Å². The quantitative estimate of drug-likeness (QED) is 0.889. The van der Waals surface area contributed by atoms with E-state index in [-0.39, 0.29) is 6.54 Å². The first-order valence-electron chi connectivity index (χ1n) is 5.69. The number of anilines is 1. The van der Waals surface area contributed by atoms with Crippen molar-refractivity contribution >= 4 is 5.82 Å². The monoisotopic (exact) mass is 245 g/mol. The molecule has 0 unspecified atom stereocenters. The highest BCUT2D eigenvalue weighted by atomic mass is 19.4. The van der Waals surface area contributed by atoms with E-state index in [0.717, 1.165) is 36.9 Å². The molecule has 0 fully saturated rings. The van der Waals surface area contributed by atoms with Crippen molar-refractivity contribution in [1.82, 2.24) is 9.97 Å². The fourth-order valence-corrected chi connectivity index (χ4v) is 2.00. The van der Waals surface area contributed by atoms with Gasteiger partial charge in [-0.15, -0.1) is 0 Å². The zero-order valence-electron chi connectivity index (χ0n) is 9.35. The summed E-state index contributed by atoms with van der Waals surface area (Å²) in [6.45, 7) is -0.132. The summed E-state index contributed by atoms with van der Waals surface area (Å²) < 4.78 is 36.1. The fourth-order valence-electron chi connectivity index (χ4n) is 2.00. The minimum atomic E-state index is -4.12. The molecule has 94 valence electrons. The van der Waals surface area contributed by atoms with Crippen molar-refractivity contribution in [3.05, 3.63) is 17.6 Å². The predicted octanol–water partition coefficient (Wildman–Crippen LogP) is 2.72. The van der Waals surface area contributed by atoms with E-state index in [1.54, 1.807) is 0 Å². The van der Waals surface area contributed by atoms with Gasteiger partial charge in [0, 0.05) is 17.8 Å². The highest BCUT2D eigenvalue weighted by Crippen LogP contribution is 2.25. The fraction of sp³-hybridized carbons (Fsp3) is 0.636. The summed E-state index contributed by atoms with van der Waals surface area (Å²) in [5, 5.41) is 2.76. The maximum atomic E-state index is 12.0. The van der Waals surface area contributed by atoms with Gasteiger partial charge in [-0.25, -0.2) is 9.97 Å². The highest BCUT2D eigenvalue weighted by molar-refractivity contribution is 5.46. The summed E-state index contributed by atoms with van der Waals surface area (Å²) >= 11 is 0. The van der Waals surface area contributed by atoms with Gasteiger partial charge in [0.15, 0.2) is 0 Å². The molecule has 1 aliphatic carbocycles. The Morgan fingerprint density at radius 2 is 1.94 bits per heavy atom. The zero-order chi connectivity index (χ0) is 12.3. The molecule has 0 amide bonds. The molecule has 0 saturated heterocycles. The van der Waals surface area contributed by atoms with E-state index in [9.17, 15) is 13.2 Å². The lowest BCUT2D eigenvalue weighted by Gasteiger charge is -2.18. The minimum absolute atomic E-state index is 0.132. The Hall–Kier alpha value is -1.33.